The standard InChI is InChI=1S/C21H33O4P/c22-13-26(23,24-20-7-14-1-15(8-20)3-16(2-14)9-20)25-21-10-17-4-18(11-21)6-19(5-17)12-21/h14-19,22H,1-13H2. The van der Waals surface area contributed by atoms with Crippen LogP contribution >= 0.6 is 7.60 Å². The highest BCUT2D eigenvalue weighted by Gasteiger charge is 2.58. The zero-order valence-electron chi connectivity index (χ0n) is 15.8. The van der Waals surface area contributed by atoms with Crippen LogP contribution in [0.1, 0.15) is 77.0 Å². The van der Waals surface area contributed by atoms with Crippen molar-refractivity contribution in [3.05, 3.63) is 0 Å². The number of hydrogen-bond donors (Lipinski definition) is 1. The number of aliphatic hydroxyl groups is 1. The first-order valence-electron chi connectivity index (χ1n) is 11.1. The van der Waals surface area contributed by atoms with Gasteiger partial charge < -0.3 is 14.2 Å². The monoisotopic (exact) mass is 380 g/mol. The van der Waals surface area contributed by atoms with Crippen molar-refractivity contribution in [1.82, 2.24) is 0 Å². The van der Waals surface area contributed by atoms with Gasteiger partial charge in [0.15, 0.2) is 0 Å². The molecule has 4 nitrogen and oxygen atoms in total. The van der Waals surface area contributed by atoms with Crippen LogP contribution in [0.5, 0.6) is 0 Å². The Balaban J connectivity index is 1.24. The van der Waals surface area contributed by atoms with Crippen LogP contribution in [0.4, 0.5) is 0 Å². The molecule has 8 rings (SSSR count). The van der Waals surface area contributed by atoms with Gasteiger partial charge in [0.05, 0.1) is 11.2 Å². The van der Waals surface area contributed by atoms with Crippen LogP contribution < -0.4 is 0 Å². The smallest absolute Gasteiger partial charge is 0.356 e. The minimum atomic E-state index is -3.44. The molecule has 0 unspecified atom stereocenters. The summed E-state index contributed by atoms with van der Waals surface area (Å²) in [5.74, 6) is 4.46. The first kappa shape index (κ1) is 17.0. The van der Waals surface area contributed by atoms with Crippen molar-refractivity contribution >= 4 is 7.60 Å². The summed E-state index contributed by atoms with van der Waals surface area (Å²) in [7, 11) is -3.44. The Morgan fingerprint density at radius 2 is 0.923 bits per heavy atom. The maximum atomic E-state index is 13.7. The van der Waals surface area contributed by atoms with Crippen molar-refractivity contribution in [2.24, 2.45) is 35.5 Å². The van der Waals surface area contributed by atoms with Crippen LogP contribution in [0, 0.1) is 35.5 Å². The summed E-state index contributed by atoms with van der Waals surface area (Å²) in [4.78, 5) is 0. The topological polar surface area (TPSA) is 55.8 Å². The van der Waals surface area contributed by atoms with E-state index in [1.807, 2.05) is 0 Å². The van der Waals surface area contributed by atoms with E-state index >= 15 is 0 Å². The molecule has 0 heterocycles. The Morgan fingerprint density at radius 1 is 0.654 bits per heavy atom. The molecule has 26 heavy (non-hydrogen) atoms. The first-order chi connectivity index (χ1) is 12.4. The van der Waals surface area contributed by atoms with E-state index in [1.54, 1.807) is 0 Å². The molecule has 5 heteroatoms. The van der Waals surface area contributed by atoms with E-state index in [2.05, 4.69) is 0 Å². The maximum Gasteiger partial charge on any atom is 0.356 e. The summed E-state index contributed by atoms with van der Waals surface area (Å²) < 4.78 is 26.5. The minimum Gasteiger partial charge on any atom is -0.384 e. The third-order valence-corrected chi connectivity index (χ3v) is 10.5. The van der Waals surface area contributed by atoms with Crippen LogP contribution in [-0.2, 0) is 13.6 Å². The predicted octanol–water partition coefficient (Wildman–Crippen LogP) is 5.10. The van der Waals surface area contributed by atoms with Crippen LogP contribution in [0.25, 0.3) is 0 Å². The lowest BCUT2D eigenvalue weighted by atomic mass is 9.54. The average Bonchev–Trinajstić information content (AvgIpc) is 2.50. The molecule has 8 bridgehead atoms. The average molecular weight is 380 g/mol. The molecule has 0 atom stereocenters. The molecule has 1 N–H and O–H groups in total. The molecule has 0 aromatic rings. The summed E-state index contributed by atoms with van der Waals surface area (Å²) in [5.41, 5.74) is -0.537. The molecule has 0 radical (unpaired) electrons. The largest absolute Gasteiger partial charge is 0.384 e. The van der Waals surface area contributed by atoms with Gasteiger partial charge in [-0.05, 0) is 113 Å². The van der Waals surface area contributed by atoms with Gasteiger partial charge in [-0.2, -0.15) is 0 Å². The van der Waals surface area contributed by atoms with Crippen molar-refractivity contribution in [2.75, 3.05) is 6.35 Å². The molecule has 0 spiro atoms. The fourth-order valence-corrected chi connectivity index (χ4v) is 10.7. The van der Waals surface area contributed by atoms with Crippen LogP contribution in [0.3, 0.4) is 0 Å². The summed E-state index contributed by atoms with van der Waals surface area (Å²) in [5, 5.41) is 10.1. The van der Waals surface area contributed by atoms with E-state index in [-0.39, 0.29) is 11.2 Å². The van der Waals surface area contributed by atoms with Gasteiger partial charge in [-0.1, -0.05) is 0 Å². The molecule has 8 aliphatic carbocycles. The van der Waals surface area contributed by atoms with Gasteiger partial charge in [0.1, 0.15) is 6.35 Å². The zero-order chi connectivity index (χ0) is 17.6. The second-order valence-electron chi connectivity index (χ2n) is 11.1. The summed E-state index contributed by atoms with van der Waals surface area (Å²) in [6.45, 7) is 0. The van der Waals surface area contributed by atoms with Gasteiger partial charge in [0.2, 0.25) is 0 Å². The number of aliphatic hydroxyl groups excluding tert-OH is 1. The SMILES string of the molecule is O=P(CO)(OC12CC3CC(CC(C3)C1)C2)OC12CC3CC(CC(C3)C1)C2. The van der Waals surface area contributed by atoms with Crippen molar-refractivity contribution in [2.45, 2.75) is 88.3 Å². The van der Waals surface area contributed by atoms with Gasteiger partial charge in [0.25, 0.3) is 0 Å². The molecule has 8 aliphatic rings. The summed E-state index contributed by atoms with van der Waals surface area (Å²) >= 11 is 0. The van der Waals surface area contributed by atoms with Gasteiger partial charge in [0, 0.05) is 0 Å². The Kier molecular flexibility index (Phi) is 3.66. The molecule has 0 aromatic carbocycles. The highest BCUT2D eigenvalue weighted by atomic mass is 31.2. The van der Waals surface area contributed by atoms with Crippen molar-refractivity contribution in [3.8, 4) is 0 Å². The predicted molar refractivity (Wildman–Crippen MR) is 98.7 cm³/mol. The normalized spacial score (nSPS) is 56.0. The lowest BCUT2D eigenvalue weighted by Gasteiger charge is -2.58. The van der Waals surface area contributed by atoms with Crippen LogP contribution in [-0.4, -0.2) is 22.7 Å². The second-order valence-corrected chi connectivity index (χ2v) is 13.0. The Hall–Kier alpha value is 0.110. The van der Waals surface area contributed by atoms with E-state index in [0.29, 0.717) is 0 Å². The fourth-order valence-electron chi connectivity index (χ4n) is 8.95. The second kappa shape index (κ2) is 5.59. The van der Waals surface area contributed by atoms with E-state index in [1.165, 1.54) is 38.5 Å². The lowest BCUT2D eigenvalue weighted by Crippen LogP contribution is -2.53. The number of hydrogen-bond acceptors (Lipinski definition) is 4. The molecule has 0 aromatic heterocycles. The molecule has 8 fully saturated rings. The fraction of sp³-hybridized carbons (Fsp3) is 1.00. The highest BCUT2D eigenvalue weighted by Crippen LogP contribution is 2.67. The Morgan fingerprint density at radius 3 is 1.15 bits per heavy atom. The van der Waals surface area contributed by atoms with Crippen molar-refractivity contribution in [1.29, 1.82) is 0 Å². The van der Waals surface area contributed by atoms with Gasteiger partial charge in [-0.25, -0.2) is 0 Å². The van der Waals surface area contributed by atoms with Crippen molar-refractivity contribution in [3.63, 3.8) is 0 Å². The van der Waals surface area contributed by atoms with E-state index < -0.39 is 13.9 Å². The van der Waals surface area contributed by atoms with Gasteiger partial charge in [-0.3, -0.25) is 4.57 Å². The third kappa shape index (κ3) is 2.70. The quantitative estimate of drug-likeness (QED) is 0.674. The van der Waals surface area contributed by atoms with E-state index in [9.17, 15) is 9.67 Å². The molecule has 0 amide bonds. The Bertz CT molecular complexity index is 523. The summed E-state index contributed by atoms with van der Waals surface area (Å²) in [6, 6.07) is 0. The first-order valence-corrected chi connectivity index (χ1v) is 12.8. The highest BCUT2D eigenvalue weighted by molar-refractivity contribution is 7.53. The van der Waals surface area contributed by atoms with Crippen LogP contribution in [0.15, 0.2) is 0 Å². The lowest BCUT2D eigenvalue weighted by molar-refractivity contribution is -0.142. The zero-order valence-corrected chi connectivity index (χ0v) is 16.7. The van der Waals surface area contributed by atoms with Gasteiger partial charge in [-0.15, -0.1) is 0 Å². The summed E-state index contributed by atoms with van der Waals surface area (Å²) in [6.07, 6.45) is 13.8. The molecule has 8 saturated carbocycles. The molecular formula is C21H33O4P. The third-order valence-electron chi connectivity index (χ3n) is 8.80. The van der Waals surface area contributed by atoms with E-state index in [4.69, 9.17) is 9.05 Å². The van der Waals surface area contributed by atoms with Gasteiger partial charge >= 0.3 is 7.60 Å². The molecule has 146 valence electrons. The minimum absolute atomic E-state index is 0.269. The maximum absolute atomic E-state index is 13.7. The molecule has 0 saturated heterocycles. The van der Waals surface area contributed by atoms with E-state index in [0.717, 1.165) is 74.0 Å². The molecule has 0 aliphatic heterocycles. The van der Waals surface area contributed by atoms with Crippen LogP contribution in [0.2, 0.25) is 0 Å². The molecular weight excluding hydrogens is 347 g/mol. The number of rotatable bonds is 5. The Labute approximate surface area is 156 Å². The van der Waals surface area contributed by atoms with Crippen molar-refractivity contribution < 1.29 is 18.7 Å².